The Labute approximate surface area is 212 Å². The highest BCUT2D eigenvalue weighted by atomic mass is 79.9. The fourth-order valence-corrected chi connectivity index (χ4v) is 3.36. The Bertz CT molecular complexity index is 1260. The Balaban J connectivity index is 1.73. The number of amides is 2. The topological polar surface area (TPSA) is 100 Å². The lowest BCUT2D eigenvalue weighted by Crippen LogP contribution is -2.13. The van der Waals surface area contributed by atoms with E-state index in [9.17, 15) is 14.9 Å². The second-order valence-corrected chi connectivity index (χ2v) is 8.35. The molecule has 0 saturated carbocycles. The van der Waals surface area contributed by atoms with Crippen LogP contribution in [0.15, 0.2) is 76.8 Å². The lowest BCUT2D eigenvalue weighted by molar-refractivity contribution is -0.114. The minimum absolute atomic E-state index is 0.0677. The molecule has 7 nitrogen and oxygen atoms in total. The van der Waals surface area contributed by atoms with E-state index in [1.165, 1.54) is 13.0 Å². The summed E-state index contributed by atoms with van der Waals surface area (Å²) in [6, 6.07) is 21.6. The van der Waals surface area contributed by atoms with Crippen LogP contribution in [0.25, 0.3) is 6.08 Å². The molecule has 2 amide bonds. The molecule has 178 valence electrons. The number of nitrogens with one attached hydrogen (secondary N) is 2. The van der Waals surface area contributed by atoms with E-state index in [-0.39, 0.29) is 11.5 Å². The minimum Gasteiger partial charge on any atom is -0.490 e. The zero-order valence-electron chi connectivity index (χ0n) is 19.3. The van der Waals surface area contributed by atoms with Gasteiger partial charge >= 0.3 is 0 Å². The molecular weight excluding hydrogens is 510 g/mol. The highest BCUT2D eigenvalue weighted by molar-refractivity contribution is 9.10. The van der Waals surface area contributed by atoms with E-state index in [0.717, 1.165) is 10.0 Å². The predicted molar refractivity (Wildman–Crippen MR) is 139 cm³/mol. The summed E-state index contributed by atoms with van der Waals surface area (Å²) in [6.07, 6.45) is 1.49. The fourth-order valence-electron chi connectivity index (χ4n) is 3.10. The van der Waals surface area contributed by atoms with Crippen molar-refractivity contribution in [2.24, 2.45) is 0 Å². The quantitative estimate of drug-likeness (QED) is 0.262. The van der Waals surface area contributed by atoms with Gasteiger partial charge in [0.15, 0.2) is 11.5 Å². The molecule has 0 bridgehead atoms. The summed E-state index contributed by atoms with van der Waals surface area (Å²) < 4.78 is 12.6. The van der Waals surface area contributed by atoms with Crippen LogP contribution in [0.2, 0.25) is 0 Å². The van der Waals surface area contributed by atoms with Gasteiger partial charge in [-0.25, -0.2) is 0 Å². The number of carbonyl (C=O) groups is 2. The van der Waals surface area contributed by atoms with Gasteiger partial charge in [-0.15, -0.1) is 0 Å². The van der Waals surface area contributed by atoms with Crippen molar-refractivity contribution in [3.8, 4) is 17.6 Å². The summed E-state index contributed by atoms with van der Waals surface area (Å²) in [6.45, 7) is 4.08. The van der Waals surface area contributed by atoms with Gasteiger partial charge in [-0.1, -0.05) is 34.1 Å². The highest BCUT2D eigenvalue weighted by Crippen LogP contribution is 2.30. The maximum atomic E-state index is 12.6. The van der Waals surface area contributed by atoms with E-state index in [2.05, 4.69) is 26.6 Å². The van der Waals surface area contributed by atoms with Crippen LogP contribution in [0.1, 0.15) is 25.0 Å². The van der Waals surface area contributed by atoms with Crippen molar-refractivity contribution in [2.45, 2.75) is 20.5 Å². The highest BCUT2D eigenvalue weighted by Gasteiger charge is 2.12. The first-order chi connectivity index (χ1) is 16.9. The number of nitrogens with zero attached hydrogens (tertiary/aromatic N) is 1. The largest absolute Gasteiger partial charge is 0.490 e. The van der Waals surface area contributed by atoms with Gasteiger partial charge in [-0.3, -0.25) is 9.59 Å². The van der Waals surface area contributed by atoms with Crippen molar-refractivity contribution in [1.82, 2.24) is 0 Å². The summed E-state index contributed by atoms with van der Waals surface area (Å²) in [4.78, 5) is 23.8. The number of ether oxygens (including phenoxy) is 2. The predicted octanol–water partition coefficient (Wildman–Crippen LogP) is 5.93. The van der Waals surface area contributed by atoms with E-state index in [4.69, 9.17) is 9.47 Å². The number of anilines is 2. The Morgan fingerprint density at radius 2 is 1.60 bits per heavy atom. The molecule has 35 heavy (non-hydrogen) atoms. The minimum atomic E-state index is -0.548. The van der Waals surface area contributed by atoms with E-state index < -0.39 is 5.91 Å². The average Bonchev–Trinajstić information content (AvgIpc) is 2.84. The number of benzene rings is 3. The second kappa shape index (κ2) is 12.4. The van der Waals surface area contributed by atoms with Crippen molar-refractivity contribution >= 4 is 45.2 Å². The molecule has 2 N–H and O–H groups in total. The SMILES string of the molecule is CCOc1cc(/C=C(\C#N)C(=O)Nc2ccc(NC(C)=O)cc2)ccc1OCc1ccc(Br)cc1. The van der Waals surface area contributed by atoms with Crippen molar-refractivity contribution < 1.29 is 19.1 Å². The van der Waals surface area contributed by atoms with Crippen LogP contribution in [0.5, 0.6) is 11.5 Å². The Kier molecular flexibility index (Phi) is 9.04. The van der Waals surface area contributed by atoms with Gasteiger partial charge < -0.3 is 20.1 Å². The molecule has 0 aliphatic carbocycles. The third-order valence-electron chi connectivity index (χ3n) is 4.71. The zero-order chi connectivity index (χ0) is 25.2. The molecular formula is C27H24BrN3O4. The van der Waals surface area contributed by atoms with Crippen molar-refractivity contribution in [3.05, 3.63) is 87.9 Å². The van der Waals surface area contributed by atoms with Gasteiger partial charge in [-0.05, 0) is 72.7 Å². The first-order valence-corrected chi connectivity index (χ1v) is 11.6. The molecule has 0 radical (unpaired) electrons. The second-order valence-electron chi connectivity index (χ2n) is 7.44. The Morgan fingerprint density at radius 3 is 2.20 bits per heavy atom. The molecule has 0 spiro atoms. The van der Waals surface area contributed by atoms with E-state index in [0.29, 0.717) is 41.7 Å². The molecule has 3 aromatic carbocycles. The van der Waals surface area contributed by atoms with Crippen LogP contribution < -0.4 is 20.1 Å². The Morgan fingerprint density at radius 1 is 0.943 bits per heavy atom. The molecule has 0 aromatic heterocycles. The maximum absolute atomic E-state index is 12.6. The molecule has 3 aromatic rings. The van der Waals surface area contributed by atoms with Gasteiger partial charge in [0.25, 0.3) is 5.91 Å². The lowest BCUT2D eigenvalue weighted by Gasteiger charge is -2.13. The number of halogens is 1. The summed E-state index contributed by atoms with van der Waals surface area (Å²) >= 11 is 3.41. The van der Waals surface area contributed by atoms with Crippen molar-refractivity contribution in [1.29, 1.82) is 5.26 Å². The average molecular weight is 534 g/mol. The monoisotopic (exact) mass is 533 g/mol. The zero-order valence-corrected chi connectivity index (χ0v) is 20.9. The third kappa shape index (κ3) is 7.73. The van der Waals surface area contributed by atoms with E-state index in [1.54, 1.807) is 42.5 Å². The summed E-state index contributed by atoms with van der Waals surface area (Å²) in [7, 11) is 0. The van der Waals surface area contributed by atoms with E-state index >= 15 is 0 Å². The molecule has 0 heterocycles. The van der Waals surface area contributed by atoms with Crippen LogP contribution >= 0.6 is 15.9 Å². The molecule has 8 heteroatoms. The summed E-state index contributed by atoms with van der Waals surface area (Å²) in [5.41, 5.74) is 2.67. The molecule has 0 unspecified atom stereocenters. The first-order valence-electron chi connectivity index (χ1n) is 10.8. The van der Waals surface area contributed by atoms with Crippen molar-refractivity contribution in [3.63, 3.8) is 0 Å². The third-order valence-corrected chi connectivity index (χ3v) is 5.24. The van der Waals surface area contributed by atoms with Gasteiger partial charge in [0.2, 0.25) is 5.91 Å². The van der Waals surface area contributed by atoms with Crippen LogP contribution in [-0.4, -0.2) is 18.4 Å². The molecule has 3 rings (SSSR count). The number of hydrogen-bond donors (Lipinski definition) is 2. The normalized spacial score (nSPS) is 10.7. The fraction of sp³-hybridized carbons (Fsp3) is 0.148. The number of carbonyl (C=O) groups excluding carboxylic acids is 2. The van der Waals surface area contributed by atoms with Crippen LogP contribution in [0.4, 0.5) is 11.4 Å². The smallest absolute Gasteiger partial charge is 0.266 e. The van der Waals surface area contributed by atoms with Gasteiger partial charge in [0.1, 0.15) is 18.2 Å². The standard InChI is InChI=1S/C27H24BrN3O4/c1-3-34-26-15-20(6-13-25(26)35-17-19-4-7-22(28)8-5-19)14-21(16-29)27(33)31-24-11-9-23(10-12-24)30-18(2)32/h4-15H,3,17H2,1-2H3,(H,30,32)(H,31,33)/b21-14+. The molecule has 0 atom stereocenters. The number of rotatable bonds is 9. The van der Waals surface area contributed by atoms with Gasteiger partial charge in [0, 0.05) is 22.8 Å². The first kappa shape index (κ1) is 25.5. The molecule has 0 aliphatic heterocycles. The molecule has 0 aliphatic rings. The van der Waals surface area contributed by atoms with Crippen molar-refractivity contribution in [2.75, 3.05) is 17.2 Å². The summed E-state index contributed by atoms with van der Waals surface area (Å²) in [5.74, 6) is 0.347. The van der Waals surface area contributed by atoms with Crippen LogP contribution in [0, 0.1) is 11.3 Å². The number of nitriles is 1. The maximum Gasteiger partial charge on any atom is 0.266 e. The summed E-state index contributed by atoms with van der Waals surface area (Å²) in [5, 5.41) is 14.9. The lowest BCUT2D eigenvalue weighted by atomic mass is 10.1. The van der Waals surface area contributed by atoms with Crippen LogP contribution in [0.3, 0.4) is 0 Å². The van der Waals surface area contributed by atoms with Gasteiger partial charge in [-0.2, -0.15) is 5.26 Å². The van der Waals surface area contributed by atoms with Gasteiger partial charge in [0.05, 0.1) is 6.61 Å². The van der Waals surface area contributed by atoms with E-state index in [1.807, 2.05) is 37.3 Å². The number of hydrogen-bond acceptors (Lipinski definition) is 5. The molecule has 0 fully saturated rings. The van der Waals surface area contributed by atoms with Crippen LogP contribution in [-0.2, 0) is 16.2 Å². The molecule has 0 saturated heterocycles. The Hall–Kier alpha value is -4.09.